The van der Waals surface area contributed by atoms with Gasteiger partial charge in [-0.05, 0) is 98.0 Å². The van der Waals surface area contributed by atoms with Gasteiger partial charge in [0.2, 0.25) is 0 Å². The van der Waals surface area contributed by atoms with Gasteiger partial charge < -0.3 is 20.5 Å². The monoisotopic (exact) mass is 597 g/mol. The molecule has 230 valence electrons. The topological polar surface area (TPSA) is 103 Å². The highest BCUT2D eigenvalue weighted by atomic mass is 19.1. The standard InChI is InChI=1S/C35H40FN5O3/c1-23(2)43-14-15-44-31-8-6-26(7-9-31)27-10-12-38-34(19-27)35(42)40-30-17-25(21-41-13-11-32(36)33(37)22-41)16-29(18-30)28-5-4-24(3)39-20-28/h4-10,12,16-20,23,32-33H,11,13-15,21-22,37H2,1-3H3,(H,40,42)/t32-,33-/m1/s1. The fourth-order valence-corrected chi connectivity index (χ4v) is 5.20. The summed E-state index contributed by atoms with van der Waals surface area (Å²) in [4.78, 5) is 24.4. The van der Waals surface area contributed by atoms with E-state index < -0.39 is 12.2 Å². The molecule has 1 saturated heterocycles. The van der Waals surface area contributed by atoms with Gasteiger partial charge >= 0.3 is 0 Å². The number of carbonyl (C=O) groups excluding carboxylic acids is 1. The summed E-state index contributed by atoms with van der Waals surface area (Å²) < 4.78 is 25.3. The molecular formula is C35H40FN5O3. The van der Waals surface area contributed by atoms with E-state index in [4.69, 9.17) is 15.2 Å². The molecule has 1 aliphatic heterocycles. The number of nitrogens with two attached hydrogens (primary N) is 1. The third kappa shape index (κ3) is 8.47. The molecule has 0 radical (unpaired) electrons. The van der Waals surface area contributed by atoms with Gasteiger partial charge in [0.1, 0.15) is 24.2 Å². The van der Waals surface area contributed by atoms with Crippen LogP contribution in [0.4, 0.5) is 10.1 Å². The maximum absolute atomic E-state index is 14.0. The zero-order valence-electron chi connectivity index (χ0n) is 25.5. The fraction of sp³-hybridized carbons (Fsp3) is 0.343. The minimum atomic E-state index is -0.977. The number of nitrogens with zero attached hydrogens (tertiary/aromatic N) is 3. The number of hydrogen-bond acceptors (Lipinski definition) is 7. The number of piperidine rings is 1. The van der Waals surface area contributed by atoms with Gasteiger partial charge in [-0.15, -0.1) is 0 Å². The summed E-state index contributed by atoms with van der Waals surface area (Å²) in [6.07, 6.45) is 3.06. The van der Waals surface area contributed by atoms with Crippen molar-refractivity contribution in [2.45, 2.75) is 52.1 Å². The molecule has 0 saturated carbocycles. The Kier molecular flexibility index (Phi) is 10.3. The molecule has 4 aromatic rings. The Bertz CT molecular complexity index is 1550. The maximum atomic E-state index is 14.0. The number of pyridine rings is 2. The normalized spacial score (nSPS) is 17.0. The molecule has 2 aromatic heterocycles. The number of ether oxygens (including phenoxy) is 2. The Morgan fingerprint density at radius 3 is 2.52 bits per heavy atom. The molecule has 0 aliphatic carbocycles. The van der Waals surface area contributed by atoms with Crippen LogP contribution < -0.4 is 15.8 Å². The van der Waals surface area contributed by atoms with E-state index in [0.717, 1.165) is 39.3 Å². The van der Waals surface area contributed by atoms with Crippen LogP contribution >= 0.6 is 0 Å². The zero-order chi connectivity index (χ0) is 31.1. The number of likely N-dealkylation sites (tertiary alicyclic amines) is 1. The van der Waals surface area contributed by atoms with Crippen LogP contribution in [0.2, 0.25) is 0 Å². The summed E-state index contributed by atoms with van der Waals surface area (Å²) in [5.74, 6) is 0.436. The Labute approximate surface area is 258 Å². The number of halogens is 1. The molecule has 9 heteroatoms. The van der Waals surface area contributed by atoms with E-state index in [1.807, 2.05) is 81.6 Å². The first kappa shape index (κ1) is 31.3. The van der Waals surface area contributed by atoms with Gasteiger partial charge in [0.15, 0.2) is 0 Å². The number of alkyl halides is 1. The van der Waals surface area contributed by atoms with Crippen molar-refractivity contribution >= 4 is 11.6 Å². The first-order valence-corrected chi connectivity index (χ1v) is 15.0. The molecule has 1 aliphatic rings. The van der Waals surface area contributed by atoms with Crippen LogP contribution in [0.15, 0.2) is 79.1 Å². The smallest absolute Gasteiger partial charge is 0.274 e. The maximum Gasteiger partial charge on any atom is 0.274 e. The molecule has 0 bridgehead atoms. The molecule has 5 rings (SSSR count). The molecule has 1 fully saturated rings. The molecule has 44 heavy (non-hydrogen) atoms. The van der Waals surface area contributed by atoms with E-state index in [9.17, 15) is 9.18 Å². The third-order valence-electron chi connectivity index (χ3n) is 7.54. The van der Waals surface area contributed by atoms with Gasteiger partial charge in [0, 0.05) is 55.0 Å². The highest BCUT2D eigenvalue weighted by molar-refractivity contribution is 6.03. The van der Waals surface area contributed by atoms with Gasteiger partial charge in [0.25, 0.3) is 5.91 Å². The number of amides is 1. The summed E-state index contributed by atoms with van der Waals surface area (Å²) >= 11 is 0. The lowest BCUT2D eigenvalue weighted by molar-refractivity contribution is 0.0553. The summed E-state index contributed by atoms with van der Waals surface area (Å²) in [5, 5.41) is 3.04. The second kappa shape index (κ2) is 14.5. The average molecular weight is 598 g/mol. The highest BCUT2D eigenvalue weighted by Gasteiger charge is 2.26. The summed E-state index contributed by atoms with van der Waals surface area (Å²) in [5.41, 5.74) is 12.5. The molecule has 2 atom stereocenters. The van der Waals surface area contributed by atoms with E-state index >= 15 is 0 Å². The van der Waals surface area contributed by atoms with Crippen LogP contribution in [-0.4, -0.2) is 65.4 Å². The summed E-state index contributed by atoms with van der Waals surface area (Å²) in [7, 11) is 0. The lowest BCUT2D eigenvalue weighted by atomic mass is 10.0. The van der Waals surface area contributed by atoms with Crippen molar-refractivity contribution in [1.29, 1.82) is 0 Å². The lowest BCUT2D eigenvalue weighted by Gasteiger charge is -2.33. The van der Waals surface area contributed by atoms with Gasteiger partial charge in [-0.2, -0.15) is 0 Å². The van der Waals surface area contributed by atoms with Crippen molar-refractivity contribution in [3.8, 4) is 28.0 Å². The van der Waals surface area contributed by atoms with E-state index in [1.54, 1.807) is 12.3 Å². The number of rotatable bonds is 11. The molecule has 0 spiro atoms. The number of nitrogens with one attached hydrogen (secondary N) is 1. The summed E-state index contributed by atoms with van der Waals surface area (Å²) in [6.45, 7) is 8.63. The Morgan fingerprint density at radius 2 is 1.80 bits per heavy atom. The zero-order valence-corrected chi connectivity index (χ0v) is 25.5. The van der Waals surface area contributed by atoms with Crippen LogP contribution in [0.5, 0.6) is 5.75 Å². The summed E-state index contributed by atoms with van der Waals surface area (Å²) in [6, 6.07) is 20.8. The van der Waals surface area contributed by atoms with Crippen molar-refractivity contribution in [2.75, 3.05) is 31.6 Å². The lowest BCUT2D eigenvalue weighted by Crippen LogP contribution is -2.49. The minimum absolute atomic E-state index is 0.168. The van der Waals surface area contributed by atoms with Crippen LogP contribution in [0, 0.1) is 6.92 Å². The van der Waals surface area contributed by atoms with Crippen LogP contribution in [0.3, 0.4) is 0 Å². The second-order valence-corrected chi connectivity index (χ2v) is 11.5. The third-order valence-corrected chi connectivity index (χ3v) is 7.54. The van der Waals surface area contributed by atoms with Crippen LogP contribution in [-0.2, 0) is 11.3 Å². The largest absolute Gasteiger partial charge is 0.491 e. The predicted molar refractivity (Wildman–Crippen MR) is 171 cm³/mol. The van der Waals surface area contributed by atoms with Gasteiger partial charge in [0.05, 0.1) is 12.7 Å². The number of hydrogen-bond donors (Lipinski definition) is 2. The van der Waals surface area contributed by atoms with Crippen molar-refractivity contribution in [1.82, 2.24) is 14.9 Å². The number of anilines is 1. The van der Waals surface area contributed by atoms with E-state index in [0.29, 0.717) is 50.7 Å². The number of aryl methyl sites for hydroxylation is 1. The van der Waals surface area contributed by atoms with Gasteiger partial charge in [-0.1, -0.05) is 18.2 Å². The molecule has 0 unspecified atom stereocenters. The van der Waals surface area contributed by atoms with Crippen molar-refractivity contribution in [3.05, 3.63) is 96.1 Å². The fourth-order valence-electron chi connectivity index (χ4n) is 5.20. The van der Waals surface area contributed by atoms with Gasteiger partial charge in [-0.25, -0.2) is 4.39 Å². The highest BCUT2D eigenvalue weighted by Crippen LogP contribution is 2.28. The molecule has 3 N–H and O–H groups in total. The van der Waals surface area contributed by atoms with E-state index in [-0.39, 0.29) is 12.0 Å². The molecular weight excluding hydrogens is 557 g/mol. The van der Waals surface area contributed by atoms with Crippen LogP contribution in [0.1, 0.15) is 42.0 Å². The molecule has 8 nitrogen and oxygen atoms in total. The van der Waals surface area contributed by atoms with E-state index in [1.165, 1.54) is 0 Å². The SMILES string of the molecule is Cc1ccc(-c2cc(CN3CC[C@@H](F)[C@H](N)C3)cc(NC(=O)c3cc(-c4ccc(OCCOC(C)C)cc4)ccn3)c2)cn1. The first-order chi connectivity index (χ1) is 21.2. The molecule has 1 amide bonds. The molecule has 2 aromatic carbocycles. The van der Waals surface area contributed by atoms with Crippen LogP contribution in [0.25, 0.3) is 22.3 Å². The minimum Gasteiger partial charge on any atom is -0.491 e. The van der Waals surface area contributed by atoms with Crippen molar-refractivity contribution in [3.63, 3.8) is 0 Å². The predicted octanol–water partition coefficient (Wildman–Crippen LogP) is 6.05. The quantitative estimate of drug-likeness (QED) is 0.203. The van der Waals surface area contributed by atoms with E-state index in [2.05, 4.69) is 26.3 Å². The van der Waals surface area contributed by atoms with Crippen molar-refractivity contribution in [2.24, 2.45) is 5.73 Å². The molecule has 3 heterocycles. The van der Waals surface area contributed by atoms with Gasteiger partial charge in [-0.3, -0.25) is 19.7 Å². The average Bonchev–Trinajstić information content (AvgIpc) is 3.01. The Morgan fingerprint density at radius 1 is 1.00 bits per heavy atom. The number of carbonyl (C=O) groups is 1. The Balaban J connectivity index is 1.32. The van der Waals surface area contributed by atoms with Crippen molar-refractivity contribution < 1.29 is 18.7 Å². The second-order valence-electron chi connectivity index (χ2n) is 11.5. The number of aromatic nitrogens is 2. The number of benzene rings is 2. The Hall–Kier alpha value is -4.18. The first-order valence-electron chi connectivity index (χ1n) is 15.0.